The molecule has 126 valence electrons. The summed E-state index contributed by atoms with van der Waals surface area (Å²) in [6.45, 7) is 2.16. The first-order valence-corrected chi connectivity index (χ1v) is 8.12. The highest BCUT2D eigenvalue weighted by Crippen LogP contribution is 2.16. The summed E-state index contributed by atoms with van der Waals surface area (Å²) in [6.07, 6.45) is 1.83. The predicted molar refractivity (Wildman–Crippen MR) is 98.5 cm³/mol. The number of pyridine rings is 1. The summed E-state index contributed by atoms with van der Waals surface area (Å²) in [7, 11) is 0. The van der Waals surface area contributed by atoms with E-state index < -0.39 is 0 Å². The molecule has 0 unspecified atom stereocenters. The highest BCUT2D eigenvalue weighted by Gasteiger charge is 2.09. The molecule has 0 aliphatic heterocycles. The molecule has 1 aromatic heterocycles. The summed E-state index contributed by atoms with van der Waals surface area (Å²) >= 11 is 0. The van der Waals surface area contributed by atoms with Gasteiger partial charge in [0.15, 0.2) is 0 Å². The van der Waals surface area contributed by atoms with Crippen molar-refractivity contribution < 1.29 is 9.59 Å². The fourth-order valence-corrected chi connectivity index (χ4v) is 2.58. The van der Waals surface area contributed by atoms with E-state index in [1.165, 1.54) is 0 Å². The lowest BCUT2D eigenvalue weighted by atomic mass is 10.1. The molecule has 0 radical (unpaired) electrons. The zero-order valence-electron chi connectivity index (χ0n) is 14.0. The lowest BCUT2D eigenvalue weighted by Gasteiger charge is -2.08. The molecule has 0 fully saturated rings. The normalized spacial score (nSPS) is 10.4. The minimum Gasteiger partial charge on any atom is -0.352 e. The number of hydrogen-bond donors (Lipinski definition) is 2. The molecule has 0 aliphatic rings. The molecule has 1 heterocycles. The molecule has 0 saturated heterocycles. The van der Waals surface area contributed by atoms with E-state index in [2.05, 4.69) is 15.6 Å². The van der Waals surface area contributed by atoms with Crippen LogP contribution in [0.25, 0.3) is 10.9 Å². The van der Waals surface area contributed by atoms with E-state index in [9.17, 15) is 9.59 Å². The Balaban J connectivity index is 1.52. The molecular weight excluding hydrogens is 314 g/mol. The summed E-state index contributed by atoms with van der Waals surface area (Å²) in [5.41, 5.74) is 3.06. The maximum atomic E-state index is 12.1. The number of carbonyl (C=O) groups is 2. The fourth-order valence-electron chi connectivity index (χ4n) is 2.58. The fraction of sp³-hybridized carbons (Fsp3) is 0.150. The first-order valence-electron chi connectivity index (χ1n) is 8.12. The first kappa shape index (κ1) is 16.6. The predicted octanol–water partition coefficient (Wildman–Crippen LogP) is 3.30. The van der Waals surface area contributed by atoms with Gasteiger partial charge >= 0.3 is 0 Å². The summed E-state index contributed by atoms with van der Waals surface area (Å²) in [5.74, 6) is -0.333. The second-order valence-electron chi connectivity index (χ2n) is 5.79. The van der Waals surface area contributed by atoms with Gasteiger partial charge in [0.05, 0.1) is 17.4 Å². The van der Waals surface area contributed by atoms with Gasteiger partial charge in [-0.2, -0.15) is 0 Å². The number of aryl methyl sites for hydroxylation is 1. The third-order valence-corrected chi connectivity index (χ3v) is 3.90. The van der Waals surface area contributed by atoms with E-state index in [0.717, 1.165) is 16.5 Å². The van der Waals surface area contributed by atoms with E-state index in [-0.39, 0.29) is 24.8 Å². The van der Waals surface area contributed by atoms with Crippen molar-refractivity contribution in [1.29, 1.82) is 0 Å². The zero-order valence-corrected chi connectivity index (χ0v) is 14.0. The molecule has 0 aliphatic carbocycles. The number of carbonyl (C=O) groups excluding carboxylic acids is 2. The smallest absolute Gasteiger partial charge is 0.251 e. The summed E-state index contributed by atoms with van der Waals surface area (Å²) in [4.78, 5) is 28.4. The lowest BCUT2D eigenvalue weighted by Crippen LogP contribution is -2.28. The van der Waals surface area contributed by atoms with Crippen LogP contribution in [0.15, 0.2) is 60.8 Å². The van der Waals surface area contributed by atoms with Crippen LogP contribution in [0, 0.1) is 6.92 Å². The minimum absolute atomic E-state index is 0.165. The van der Waals surface area contributed by atoms with Crippen LogP contribution in [0.4, 0.5) is 5.69 Å². The van der Waals surface area contributed by atoms with Gasteiger partial charge in [-0.1, -0.05) is 36.4 Å². The van der Waals surface area contributed by atoms with Crippen molar-refractivity contribution in [2.24, 2.45) is 0 Å². The Bertz CT molecular complexity index is 921. The first-order chi connectivity index (χ1) is 12.1. The molecule has 0 bridgehead atoms. The number of benzene rings is 2. The van der Waals surface area contributed by atoms with Crippen molar-refractivity contribution in [2.45, 2.75) is 13.3 Å². The Labute approximate surface area is 146 Å². The molecule has 5 nitrogen and oxygen atoms in total. The second-order valence-corrected chi connectivity index (χ2v) is 5.79. The summed E-state index contributed by atoms with van der Waals surface area (Å²) < 4.78 is 0. The third kappa shape index (κ3) is 4.20. The second kappa shape index (κ2) is 7.57. The van der Waals surface area contributed by atoms with Crippen LogP contribution in [0.3, 0.4) is 0 Å². The van der Waals surface area contributed by atoms with Crippen molar-refractivity contribution in [3.63, 3.8) is 0 Å². The number of rotatable bonds is 5. The van der Waals surface area contributed by atoms with E-state index in [1.807, 2.05) is 55.5 Å². The molecule has 0 spiro atoms. The third-order valence-electron chi connectivity index (χ3n) is 3.90. The molecule has 0 atom stereocenters. The average molecular weight is 333 g/mol. The van der Waals surface area contributed by atoms with Crippen molar-refractivity contribution in [3.05, 3.63) is 71.9 Å². The Morgan fingerprint density at radius 3 is 2.64 bits per heavy atom. The van der Waals surface area contributed by atoms with Crippen LogP contribution < -0.4 is 10.6 Å². The van der Waals surface area contributed by atoms with Gasteiger partial charge in [0.25, 0.3) is 5.91 Å². The highest BCUT2D eigenvalue weighted by molar-refractivity contribution is 5.96. The van der Waals surface area contributed by atoms with Gasteiger partial charge in [-0.05, 0) is 30.7 Å². The molecule has 0 saturated carbocycles. The molecule has 2 amide bonds. The standard InChI is InChI=1S/C20H19N3O2/c1-14-6-2-4-8-17(14)20(25)21-11-10-19(24)23-16-12-15-7-3-5-9-18(15)22-13-16/h2-9,12-13H,10-11H2,1H3,(H,21,25)(H,23,24). The Morgan fingerprint density at radius 2 is 1.80 bits per heavy atom. The molecule has 2 aromatic carbocycles. The number of amides is 2. The van der Waals surface area contributed by atoms with E-state index in [4.69, 9.17) is 0 Å². The monoisotopic (exact) mass is 333 g/mol. The van der Waals surface area contributed by atoms with E-state index >= 15 is 0 Å². The van der Waals surface area contributed by atoms with Crippen molar-refractivity contribution >= 4 is 28.4 Å². The number of para-hydroxylation sites is 1. The number of fused-ring (bicyclic) bond motifs is 1. The van der Waals surface area contributed by atoms with E-state index in [0.29, 0.717) is 11.3 Å². The quantitative estimate of drug-likeness (QED) is 0.752. The Hall–Kier alpha value is -3.21. The number of hydrogen-bond acceptors (Lipinski definition) is 3. The molecule has 25 heavy (non-hydrogen) atoms. The van der Waals surface area contributed by atoms with Gasteiger partial charge in [-0.25, -0.2) is 0 Å². The van der Waals surface area contributed by atoms with Crippen LogP contribution >= 0.6 is 0 Å². The van der Waals surface area contributed by atoms with Crippen LogP contribution in [0.2, 0.25) is 0 Å². The number of nitrogens with one attached hydrogen (secondary N) is 2. The topological polar surface area (TPSA) is 71.1 Å². The van der Waals surface area contributed by atoms with Crippen molar-refractivity contribution in [2.75, 3.05) is 11.9 Å². The van der Waals surface area contributed by atoms with Gasteiger partial charge in [0.1, 0.15) is 0 Å². The average Bonchev–Trinajstić information content (AvgIpc) is 2.62. The van der Waals surface area contributed by atoms with Gasteiger partial charge in [0.2, 0.25) is 5.91 Å². The Morgan fingerprint density at radius 1 is 1.04 bits per heavy atom. The zero-order chi connectivity index (χ0) is 17.6. The van der Waals surface area contributed by atoms with Crippen LogP contribution in [-0.4, -0.2) is 23.3 Å². The molecule has 3 rings (SSSR count). The molecule has 3 aromatic rings. The maximum absolute atomic E-state index is 12.1. The van der Waals surface area contributed by atoms with Crippen LogP contribution in [-0.2, 0) is 4.79 Å². The van der Waals surface area contributed by atoms with Crippen molar-refractivity contribution in [3.8, 4) is 0 Å². The maximum Gasteiger partial charge on any atom is 0.251 e. The number of nitrogens with zero attached hydrogens (tertiary/aromatic N) is 1. The minimum atomic E-state index is -0.168. The SMILES string of the molecule is Cc1ccccc1C(=O)NCCC(=O)Nc1cnc2ccccc2c1. The number of anilines is 1. The van der Waals surface area contributed by atoms with Crippen LogP contribution in [0.5, 0.6) is 0 Å². The molecular formula is C20H19N3O2. The van der Waals surface area contributed by atoms with Gasteiger partial charge in [0, 0.05) is 23.9 Å². The summed E-state index contributed by atoms with van der Waals surface area (Å²) in [6, 6.07) is 17.0. The number of aromatic nitrogens is 1. The molecule has 5 heteroatoms. The van der Waals surface area contributed by atoms with Gasteiger partial charge in [-0.3, -0.25) is 14.6 Å². The van der Waals surface area contributed by atoms with Gasteiger partial charge in [-0.15, -0.1) is 0 Å². The van der Waals surface area contributed by atoms with Crippen LogP contribution in [0.1, 0.15) is 22.3 Å². The lowest BCUT2D eigenvalue weighted by molar-refractivity contribution is -0.116. The summed E-state index contributed by atoms with van der Waals surface area (Å²) in [5, 5.41) is 6.54. The highest BCUT2D eigenvalue weighted by atomic mass is 16.2. The van der Waals surface area contributed by atoms with Crippen molar-refractivity contribution in [1.82, 2.24) is 10.3 Å². The van der Waals surface area contributed by atoms with Gasteiger partial charge < -0.3 is 10.6 Å². The Kier molecular flexibility index (Phi) is 5.04. The van der Waals surface area contributed by atoms with E-state index in [1.54, 1.807) is 12.3 Å². The largest absolute Gasteiger partial charge is 0.352 e. The molecule has 2 N–H and O–H groups in total.